The molecule has 0 radical (unpaired) electrons. The first kappa shape index (κ1) is 64.9. The van der Waals surface area contributed by atoms with Gasteiger partial charge >= 0.3 is 5.97 Å². The number of allylic oxidation sites excluding steroid dienone is 2. The van der Waals surface area contributed by atoms with E-state index in [1.165, 1.54) is 74.5 Å². The summed E-state index contributed by atoms with van der Waals surface area (Å²) in [6.45, 7) is 46.7. The molecule has 1 aliphatic heterocycles. The Morgan fingerprint density at radius 1 is 0.820 bits per heavy atom. The van der Waals surface area contributed by atoms with Crippen molar-refractivity contribution in [2.24, 2.45) is 28.4 Å². The molecule has 0 saturated heterocycles. The third kappa shape index (κ3) is 37.6. The van der Waals surface area contributed by atoms with E-state index in [1.807, 2.05) is 72.0 Å². The number of dihydropyridines is 1. The van der Waals surface area contributed by atoms with E-state index in [2.05, 4.69) is 95.0 Å². The van der Waals surface area contributed by atoms with Crippen molar-refractivity contribution in [1.82, 2.24) is 5.32 Å². The maximum absolute atomic E-state index is 11.0. The molecule has 1 heterocycles. The third-order valence-corrected chi connectivity index (χ3v) is 9.91. The molecule has 2 rings (SSSR count). The molecular formula is C55H104N2O4. The second-order valence-corrected chi connectivity index (χ2v) is 18.9. The van der Waals surface area contributed by atoms with E-state index in [-0.39, 0.29) is 23.2 Å². The topological polar surface area (TPSA) is 90.7 Å². The van der Waals surface area contributed by atoms with Crippen LogP contribution in [0.1, 0.15) is 229 Å². The summed E-state index contributed by atoms with van der Waals surface area (Å²) in [6, 6.07) is 5.99. The molecule has 6 heteroatoms. The van der Waals surface area contributed by atoms with Gasteiger partial charge in [0, 0.05) is 43.1 Å². The van der Waals surface area contributed by atoms with Gasteiger partial charge in [0.25, 0.3) is 0 Å². The van der Waals surface area contributed by atoms with Crippen LogP contribution in [-0.2, 0) is 14.3 Å². The van der Waals surface area contributed by atoms with Gasteiger partial charge in [-0.3, -0.25) is 9.59 Å². The Balaban J connectivity index is -0.000000328. The summed E-state index contributed by atoms with van der Waals surface area (Å²) in [5.41, 5.74) is 13.3. The molecular weight excluding hydrogens is 753 g/mol. The number of benzene rings is 1. The highest BCUT2D eigenvalue weighted by atomic mass is 16.5. The summed E-state index contributed by atoms with van der Waals surface area (Å²) in [5, 5.41) is 3.09. The molecule has 1 aliphatic rings. The predicted molar refractivity (Wildman–Crippen MR) is 271 cm³/mol. The lowest BCUT2D eigenvalue weighted by atomic mass is 9.74. The highest BCUT2D eigenvalue weighted by Gasteiger charge is 2.24. The van der Waals surface area contributed by atoms with Crippen LogP contribution in [0.2, 0.25) is 0 Å². The number of carbonyl (C=O) groups excluding carboxylic acids is 2. The number of hydrogen-bond acceptors (Lipinski definition) is 6. The number of ether oxygens (including phenoxy) is 2. The van der Waals surface area contributed by atoms with Gasteiger partial charge in [0.1, 0.15) is 0 Å². The van der Waals surface area contributed by atoms with Gasteiger partial charge in [-0.1, -0.05) is 173 Å². The van der Waals surface area contributed by atoms with Crippen LogP contribution in [0.3, 0.4) is 0 Å². The molecule has 0 aliphatic carbocycles. The molecule has 0 amide bonds. The number of Topliss-reactive ketones (excluding diaryl/α,β-unsaturated/α-hetero) is 1. The largest absolute Gasteiger partial charge is 0.465 e. The van der Waals surface area contributed by atoms with Crippen molar-refractivity contribution in [3.63, 3.8) is 0 Å². The Bertz CT molecular complexity index is 1290. The Kier molecular flexibility index (Phi) is 42.7. The van der Waals surface area contributed by atoms with E-state index in [9.17, 15) is 9.59 Å². The first-order valence-electron chi connectivity index (χ1n) is 24.5. The van der Waals surface area contributed by atoms with Crippen LogP contribution in [0.25, 0.3) is 0 Å². The van der Waals surface area contributed by atoms with Crippen LogP contribution in [-0.4, -0.2) is 37.6 Å². The average molecular weight is 857 g/mol. The second kappa shape index (κ2) is 40.1. The van der Waals surface area contributed by atoms with Gasteiger partial charge in [0.05, 0.1) is 6.61 Å². The van der Waals surface area contributed by atoms with Crippen LogP contribution in [0.4, 0.5) is 0 Å². The van der Waals surface area contributed by atoms with Gasteiger partial charge in [-0.25, -0.2) is 0 Å². The molecule has 0 aromatic heterocycles. The van der Waals surface area contributed by atoms with Crippen LogP contribution in [0.5, 0.6) is 0 Å². The van der Waals surface area contributed by atoms with Gasteiger partial charge in [-0.05, 0) is 118 Å². The van der Waals surface area contributed by atoms with Crippen LogP contribution >= 0.6 is 0 Å². The fourth-order valence-electron chi connectivity index (χ4n) is 7.22. The van der Waals surface area contributed by atoms with E-state index >= 15 is 0 Å². The first-order chi connectivity index (χ1) is 28.5. The van der Waals surface area contributed by atoms with Gasteiger partial charge < -0.3 is 20.5 Å². The van der Waals surface area contributed by atoms with Crippen molar-refractivity contribution in [3.8, 4) is 0 Å². The average Bonchev–Trinajstić information content (AvgIpc) is 3.15. The Hall–Kier alpha value is -2.70. The van der Waals surface area contributed by atoms with Crippen LogP contribution in [0, 0.1) is 36.5 Å². The van der Waals surface area contributed by atoms with E-state index in [0.717, 1.165) is 67.6 Å². The third-order valence-electron chi connectivity index (χ3n) is 9.91. The monoisotopic (exact) mass is 857 g/mol. The van der Waals surface area contributed by atoms with Gasteiger partial charge in [0.15, 0.2) is 5.78 Å². The number of nitrogens with one attached hydrogen (secondary N) is 1. The number of aryl methyl sites for hydroxylation is 2. The Labute approximate surface area is 381 Å². The molecule has 0 bridgehead atoms. The van der Waals surface area contributed by atoms with E-state index < -0.39 is 0 Å². The minimum atomic E-state index is -0.0811. The van der Waals surface area contributed by atoms with Crippen molar-refractivity contribution < 1.29 is 19.1 Å². The summed E-state index contributed by atoms with van der Waals surface area (Å²) in [5.74, 6) is 1.58. The van der Waals surface area contributed by atoms with Crippen molar-refractivity contribution >= 4 is 11.8 Å². The zero-order valence-electron chi connectivity index (χ0n) is 44.1. The minimum Gasteiger partial charge on any atom is -0.465 e. The van der Waals surface area contributed by atoms with E-state index in [4.69, 9.17) is 15.2 Å². The predicted octanol–water partition coefficient (Wildman–Crippen LogP) is 16.2. The Morgan fingerprint density at radius 2 is 1.36 bits per heavy atom. The maximum Gasteiger partial charge on any atom is 0.305 e. The van der Waals surface area contributed by atoms with E-state index in [1.54, 1.807) is 6.92 Å². The summed E-state index contributed by atoms with van der Waals surface area (Å²) < 4.78 is 10.5. The fraction of sp³-hybridized carbons (Fsp3) is 0.745. The molecule has 2 unspecified atom stereocenters. The molecule has 2 atom stereocenters. The van der Waals surface area contributed by atoms with Crippen molar-refractivity contribution in [1.29, 1.82) is 0 Å². The molecule has 6 nitrogen and oxygen atoms in total. The number of nitrogens with two attached hydrogens (primary N) is 1. The summed E-state index contributed by atoms with van der Waals surface area (Å²) >= 11 is 0. The summed E-state index contributed by atoms with van der Waals surface area (Å²) in [6.07, 6.45) is 20.9. The Morgan fingerprint density at radius 3 is 1.74 bits per heavy atom. The highest BCUT2D eigenvalue weighted by Crippen LogP contribution is 2.38. The molecule has 1 aromatic carbocycles. The molecule has 358 valence electrons. The quantitative estimate of drug-likeness (QED) is 0.0771. The van der Waals surface area contributed by atoms with Crippen LogP contribution < -0.4 is 11.1 Å². The number of hydrogen-bond donors (Lipinski definition) is 2. The molecule has 0 spiro atoms. The molecule has 0 fully saturated rings. The smallest absolute Gasteiger partial charge is 0.305 e. The lowest BCUT2D eigenvalue weighted by Crippen LogP contribution is -2.28. The van der Waals surface area contributed by atoms with E-state index in [0.29, 0.717) is 18.4 Å². The number of esters is 1. The molecule has 3 N–H and O–H groups in total. The number of ketones is 1. The standard InChI is InChI=1S/C12H26.C11H18N2.C10H12O.C10H22O.C9H18O2.C3H8/c1-5-9-12(8-4,10-6-2)11-7-3;1-4-5-10(12)11-8(2)6-7-13-9(11)3;1-7-4-5-10(9(3)11)8(2)6-7;1-5-6-11-8-10(4)7-9(2)3;1-5-6-8(10)11-7-9(2,3)4;1-3-2/h5-11H2,1-4H3;6-7,10,13H,3-5,12H2,1-2H3;4-6H,1-3H3;9-10H,5-8H2,1-4H3;5-7H2,1-4H3;3H2,1-2H3. The van der Waals surface area contributed by atoms with Gasteiger partial charge in [-0.15, -0.1) is 0 Å². The SMILES string of the molecule is C=C1NC=CC(C)=C1C(N)CCC.CC(=O)c1ccc(C)cc1C.CCC.CCCC(=O)OCC(C)(C)C.CCCC(CC)(CCC)CCC.CCCOCC(C)CC(C)C. The summed E-state index contributed by atoms with van der Waals surface area (Å²) in [4.78, 5) is 21.8. The molecule has 61 heavy (non-hydrogen) atoms. The highest BCUT2D eigenvalue weighted by molar-refractivity contribution is 5.95. The summed E-state index contributed by atoms with van der Waals surface area (Å²) in [7, 11) is 0. The number of carbonyl (C=O) groups is 2. The molecule has 1 aromatic rings. The zero-order valence-corrected chi connectivity index (χ0v) is 44.1. The van der Waals surface area contributed by atoms with Gasteiger partial charge in [-0.2, -0.15) is 0 Å². The maximum atomic E-state index is 11.0. The van der Waals surface area contributed by atoms with Crippen LogP contribution in [0.15, 0.2) is 53.9 Å². The van der Waals surface area contributed by atoms with Crippen molar-refractivity contribution in [3.05, 3.63) is 70.6 Å². The van der Waals surface area contributed by atoms with Gasteiger partial charge in [0.2, 0.25) is 0 Å². The van der Waals surface area contributed by atoms with Crippen molar-refractivity contribution in [2.75, 3.05) is 19.8 Å². The lowest BCUT2D eigenvalue weighted by molar-refractivity contribution is -0.146. The normalized spacial score (nSPS) is 13.0. The first-order valence-corrected chi connectivity index (χ1v) is 24.5. The van der Waals surface area contributed by atoms with Crippen molar-refractivity contribution in [2.45, 2.75) is 227 Å². The molecule has 0 saturated carbocycles. The minimum absolute atomic E-state index is 0.0811. The number of rotatable bonds is 20. The zero-order chi connectivity index (χ0) is 48.0. The second-order valence-electron chi connectivity index (χ2n) is 18.9. The lowest BCUT2D eigenvalue weighted by Gasteiger charge is -2.32. The fourth-order valence-corrected chi connectivity index (χ4v) is 7.22.